The van der Waals surface area contributed by atoms with Crippen molar-refractivity contribution in [2.75, 3.05) is 20.2 Å². The molecule has 3 unspecified atom stereocenters. The molecule has 3 aliphatic heterocycles. The molecule has 0 aromatic heterocycles. The summed E-state index contributed by atoms with van der Waals surface area (Å²) in [5.74, 6) is -4.55. The minimum absolute atomic E-state index is 0.0561. The minimum atomic E-state index is -1.82. The van der Waals surface area contributed by atoms with Gasteiger partial charge in [0.1, 0.15) is 36.3 Å². The van der Waals surface area contributed by atoms with Crippen LogP contribution in [0.2, 0.25) is 0 Å². The number of carboxylic acids is 2. The first kappa shape index (κ1) is 22.2. The number of hydrogen-bond donors (Lipinski definition) is 3. The molecule has 3 heterocycles. The summed E-state index contributed by atoms with van der Waals surface area (Å²) in [5, 5.41) is 24.4. The molecule has 4 rings (SSSR count). The number of likely N-dealkylation sites (N-methyl/N-ethyl adjacent to an activating group) is 1. The lowest BCUT2D eigenvalue weighted by Crippen LogP contribution is -2.62. The summed E-state index contributed by atoms with van der Waals surface area (Å²) < 4.78 is 12.7. The van der Waals surface area contributed by atoms with Crippen LogP contribution in [0.4, 0.5) is 0 Å². The van der Waals surface area contributed by atoms with Gasteiger partial charge in [0.2, 0.25) is 0 Å². The SMILES string of the molecule is CC[N+]1(C)[C@H]2CC(OC(=O)C(CO)c3ccccc3)C[C@H]1[C@H]1O[C@H]12.O=C(O)C(=O)O. The van der Waals surface area contributed by atoms with E-state index in [1.165, 1.54) is 0 Å². The van der Waals surface area contributed by atoms with Gasteiger partial charge in [-0.15, -0.1) is 0 Å². The zero-order valence-corrected chi connectivity index (χ0v) is 17.0. The highest BCUT2D eigenvalue weighted by Gasteiger charge is 2.71. The number of nitrogens with zero attached hydrogens (tertiary/aromatic N) is 1. The number of esters is 1. The van der Waals surface area contributed by atoms with Gasteiger partial charge in [0.15, 0.2) is 0 Å². The van der Waals surface area contributed by atoms with E-state index in [4.69, 9.17) is 29.3 Å². The molecule has 0 radical (unpaired) electrons. The standard InChI is InChI=1S/C19H26NO4.C2H2O4/c1-3-20(2)15-9-13(10-16(20)18-17(15)24-18)23-19(22)14(11-21)12-7-5-4-6-8-12;3-1(4)2(5)6/h4-8,13-18,21H,3,9-11H2,1-2H3;(H,3,4)(H,5,6)/q+1;/t13?,14?,15-,16-,17-,18+,20?;/m0./s1. The topological polar surface area (TPSA) is 134 Å². The van der Waals surface area contributed by atoms with Crippen LogP contribution in [0.25, 0.3) is 0 Å². The first-order chi connectivity index (χ1) is 14.2. The van der Waals surface area contributed by atoms with Crippen LogP contribution in [0, 0.1) is 0 Å². The fraction of sp³-hybridized carbons (Fsp3) is 0.571. The van der Waals surface area contributed by atoms with Gasteiger partial charge >= 0.3 is 17.9 Å². The molecule has 1 aromatic carbocycles. The van der Waals surface area contributed by atoms with Crippen molar-refractivity contribution in [3.05, 3.63) is 35.9 Å². The van der Waals surface area contributed by atoms with E-state index < -0.39 is 17.9 Å². The molecule has 3 N–H and O–H groups in total. The summed E-state index contributed by atoms with van der Waals surface area (Å²) in [6, 6.07) is 10.2. The van der Waals surface area contributed by atoms with Gasteiger partial charge in [-0.3, -0.25) is 4.79 Å². The van der Waals surface area contributed by atoms with Crippen molar-refractivity contribution in [3.63, 3.8) is 0 Å². The second-order valence-corrected chi connectivity index (χ2v) is 8.15. The number of rotatable bonds is 5. The third kappa shape index (κ3) is 4.19. The Morgan fingerprint density at radius 1 is 1.10 bits per heavy atom. The summed E-state index contributed by atoms with van der Waals surface area (Å²) in [6.45, 7) is 3.10. The molecular formula is C21H28NO8+. The number of epoxide rings is 1. The van der Waals surface area contributed by atoms with E-state index in [0.717, 1.165) is 29.4 Å². The number of hydrogen-bond acceptors (Lipinski definition) is 6. The third-order valence-corrected chi connectivity index (χ3v) is 6.66. The molecule has 7 atom stereocenters. The van der Waals surface area contributed by atoms with Crippen LogP contribution in [0.15, 0.2) is 30.3 Å². The molecule has 1 aromatic rings. The number of benzene rings is 1. The van der Waals surface area contributed by atoms with Crippen molar-refractivity contribution in [1.29, 1.82) is 0 Å². The maximum atomic E-state index is 12.6. The number of carbonyl (C=O) groups excluding carboxylic acids is 1. The van der Waals surface area contributed by atoms with Crippen molar-refractivity contribution in [2.24, 2.45) is 0 Å². The Labute approximate surface area is 174 Å². The monoisotopic (exact) mass is 422 g/mol. The van der Waals surface area contributed by atoms with Crippen LogP contribution < -0.4 is 0 Å². The highest BCUT2D eigenvalue weighted by atomic mass is 16.6. The Morgan fingerprint density at radius 2 is 1.63 bits per heavy atom. The predicted octanol–water partition coefficient (Wildman–Crippen LogP) is 0.608. The summed E-state index contributed by atoms with van der Waals surface area (Å²) in [5.41, 5.74) is 0.809. The van der Waals surface area contributed by atoms with Crippen LogP contribution in [0.3, 0.4) is 0 Å². The van der Waals surface area contributed by atoms with Crippen LogP contribution in [0.1, 0.15) is 31.2 Å². The first-order valence-corrected chi connectivity index (χ1v) is 10.1. The van der Waals surface area contributed by atoms with Crippen LogP contribution in [-0.4, -0.2) is 88.3 Å². The maximum absolute atomic E-state index is 12.6. The van der Waals surface area contributed by atoms with E-state index >= 15 is 0 Å². The Morgan fingerprint density at radius 3 is 2.07 bits per heavy atom. The number of aliphatic hydroxyl groups excluding tert-OH is 1. The molecule has 0 amide bonds. The molecule has 9 heteroatoms. The lowest BCUT2D eigenvalue weighted by atomic mass is 9.95. The number of quaternary nitrogens is 1. The highest BCUT2D eigenvalue weighted by molar-refractivity contribution is 6.27. The van der Waals surface area contributed by atoms with E-state index in [-0.39, 0.29) is 18.7 Å². The predicted molar refractivity (Wildman–Crippen MR) is 104 cm³/mol. The smallest absolute Gasteiger partial charge is 0.414 e. The summed E-state index contributed by atoms with van der Waals surface area (Å²) in [6.07, 6.45) is 2.37. The summed E-state index contributed by atoms with van der Waals surface area (Å²) in [4.78, 5) is 30.8. The van der Waals surface area contributed by atoms with Crippen LogP contribution >= 0.6 is 0 Å². The fourth-order valence-electron chi connectivity index (χ4n) is 4.87. The lowest BCUT2D eigenvalue weighted by molar-refractivity contribution is -0.954. The van der Waals surface area contributed by atoms with Gasteiger partial charge in [-0.2, -0.15) is 0 Å². The number of carbonyl (C=O) groups is 3. The van der Waals surface area contributed by atoms with E-state index in [2.05, 4.69) is 14.0 Å². The Kier molecular flexibility index (Phi) is 6.44. The van der Waals surface area contributed by atoms with E-state index in [0.29, 0.717) is 24.3 Å². The average Bonchev–Trinajstić information content (AvgIpc) is 3.48. The van der Waals surface area contributed by atoms with E-state index in [1.807, 2.05) is 30.3 Å². The molecule has 3 aliphatic rings. The molecule has 164 valence electrons. The minimum Gasteiger partial charge on any atom is -0.473 e. The molecule has 30 heavy (non-hydrogen) atoms. The van der Waals surface area contributed by atoms with E-state index in [1.54, 1.807) is 0 Å². The Hall–Kier alpha value is -2.49. The first-order valence-electron chi connectivity index (χ1n) is 10.1. The second-order valence-electron chi connectivity index (χ2n) is 8.15. The molecular weight excluding hydrogens is 394 g/mol. The Bertz CT molecular complexity index is 767. The normalized spacial score (nSPS) is 34.0. The van der Waals surface area contributed by atoms with E-state index in [9.17, 15) is 9.90 Å². The van der Waals surface area contributed by atoms with Gasteiger partial charge < -0.3 is 29.3 Å². The maximum Gasteiger partial charge on any atom is 0.414 e. The molecule has 0 spiro atoms. The third-order valence-electron chi connectivity index (χ3n) is 6.66. The van der Waals surface area contributed by atoms with Gasteiger partial charge in [0.05, 0.1) is 20.2 Å². The Balaban J connectivity index is 0.000000377. The quantitative estimate of drug-likeness (QED) is 0.272. The molecule has 0 aliphatic carbocycles. The fourth-order valence-corrected chi connectivity index (χ4v) is 4.87. The number of morpholine rings is 1. The van der Waals surface area contributed by atoms with Crippen LogP contribution in [0.5, 0.6) is 0 Å². The number of carboxylic acid groups (broad SMARTS) is 2. The highest BCUT2D eigenvalue weighted by Crippen LogP contribution is 2.52. The second kappa shape index (κ2) is 8.71. The number of aliphatic carboxylic acids is 2. The number of aliphatic hydroxyl groups is 1. The van der Waals surface area contributed by atoms with Crippen molar-refractivity contribution >= 4 is 17.9 Å². The van der Waals surface area contributed by atoms with Crippen molar-refractivity contribution in [1.82, 2.24) is 0 Å². The molecule has 2 bridgehead atoms. The van der Waals surface area contributed by atoms with Gasteiger partial charge in [0, 0.05) is 12.8 Å². The van der Waals surface area contributed by atoms with Crippen molar-refractivity contribution in [3.8, 4) is 0 Å². The van der Waals surface area contributed by atoms with Gasteiger partial charge in [-0.05, 0) is 12.5 Å². The zero-order chi connectivity index (χ0) is 22.1. The number of ether oxygens (including phenoxy) is 2. The summed E-state index contributed by atoms with van der Waals surface area (Å²) in [7, 11) is 2.31. The molecule has 3 fully saturated rings. The summed E-state index contributed by atoms with van der Waals surface area (Å²) >= 11 is 0. The average molecular weight is 422 g/mol. The lowest BCUT2D eigenvalue weighted by Gasteiger charge is -2.47. The zero-order valence-electron chi connectivity index (χ0n) is 17.0. The van der Waals surface area contributed by atoms with Crippen molar-refractivity contribution < 1.29 is 43.7 Å². The van der Waals surface area contributed by atoms with Gasteiger partial charge in [0.25, 0.3) is 0 Å². The number of piperidine rings is 1. The molecule has 0 saturated carbocycles. The molecule has 3 saturated heterocycles. The number of fused-ring (bicyclic) bond motifs is 5. The van der Waals surface area contributed by atoms with Crippen molar-refractivity contribution in [2.45, 2.75) is 56.1 Å². The van der Waals surface area contributed by atoms with Gasteiger partial charge in [-0.1, -0.05) is 30.3 Å². The van der Waals surface area contributed by atoms with Crippen LogP contribution in [-0.2, 0) is 23.9 Å². The van der Waals surface area contributed by atoms with Gasteiger partial charge in [-0.25, -0.2) is 9.59 Å². The largest absolute Gasteiger partial charge is 0.473 e. The molecule has 9 nitrogen and oxygen atoms in total.